The Morgan fingerprint density at radius 1 is 0.821 bits per heavy atom. The van der Waals surface area contributed by atoms with E-state index in [-0.39, 0.29) is 0 Å². The highest BCUT2D eigenvalue weighted by Gasteiger charge is 2.60. The highest BCUT2D eigenvalue weighted by Crippen LogP contribution is 2.68. The van der Waals surface area contributed by atoms with Crippen LogP contribution < -0.4 is 0 Å². The van der Waals surface area contributed by atoms with Crippen LogP contribution in [0.25, 0.3) is 0 Å². The van der Waals surface area contributed by atoms with Crippen LogP contribution in [0, 0.1) is 52.3 Å². The van der Waals surface area contributed by atoms with Crippen LogP contribution >= 0.6 is 22.6 Å². The fraction of sp³-hybridized carbons (Fsp3) is 1.00. The van der Waals surface area contributed by atoms with Crippen molar-refractivity contribution in [3.8, 4) is 0 Å². The Labute approximate surface area is 189 Å². The fourth-order valence-corrected chi connectivity index (χ4v) is 10.2. The molecule has 4 saturated carbocycles. The summed E-state index contributed by atoms with van der Waals surface area (Å²) in [6, 6.07) is 0. The zero-order chi connectivity index (χ0) is 20.1. The van der Waals surface area contributed by atoms with Crippen molar-refractivity contribution >= 4 is 22.6 Å². The Kier molecular flexibility index (Phi) is 6.54. The van der Waals surface area contributed by atoms with Gasteiger partial charge in [0.1, 0.15) is 0 Å². The Hall–Kier alpha value is 0.730. The van der Waals surface area contributed by atoms with Gasteiger partial charge in [0.2, 0.25) is 0 Å². The largest absolute Gasteiger partial charge is 0.0826 e. The van der Waals surface area contributed by atoms with Gasteiger partial charge < -0.3 is 0 Å². The zero-order valence-corrected chi connectivity index (χ0v) is 21.6. The van der Waals surface area contributed by atoms with Crippen LogP contribution in [-0.4, -0.2) is 3.92 Å². The maximum Gasteiger partial charge on any atom is 0.0113 e. The normalized spacial score (nSPS) is 49.4. The van der Waals surface area contributed by atoms with E-state index in [0.29, 0.717) is 10.8 Å². The maximum absolute atomic E-state index is 2.75. The summed E-state index contributed by atoms with van der Waals surface area (Å²) in [5, 5.41) is 0. The van der Waals surface area contributed by atoms with Crippen LogP contribution in [0.3, 0.4) is 0 Å². The van der Waals surface area contributed by atoms with E-state index in [1.165, 1.54) is 38.5 Å². The molecule has 4 rings (SSSR count). The summed E-state index contributed by atoms with van der Waals surface area (Å²) in [5.41, 5.74) is 1.36. The second-order valence-corrected chi connectivity index (χ2v) is 14.3. The molecule has 28 heavy (non-hydrogen) atoms. The van der Waals surface area contributed by atoms with Gasteiger partial charge in [0.25, 0.3) is 0 Å². The molecule has 9 atom stereocenters. The summed E-state index contributed by atoms with van der Waals surface area (Å²) in [6.07, 6.45) is 18.3. The highest BCUT2D eigenvalue weighted by atomic mass is 127. The zero-order valence-electron chi connectivity index (χ0n) is 19.5. The molecule has 0 N–H and O–H groups in total. The van der Waals surface area contributed by atoms with Crippen LogP contribution in [-0.2, 0) is 0 Å². The molecule has 0 amide bonds. The average Bonchev–Trinajstić information content (AvgIpc) is 2.99. The third-order valence-electron chi connectivity index (χ3n) is 10.8. The van der Waals surface area contributed by atoms with Crippen molar-refractivity contribution in [2.24, 2.45) is 52.3 Å². The minimum Gasteiger partial charge on any atom is -0.0826 e. The molecule has 4 aliphatic carbocycles. The van der Waals surface area contributed by atoms with E-state index in [2.05, 4.69) is 57.2 Å². The van der Waals surface area contributed by atoms with Crippen molar-refractivity contribution in [2.75, 3.05) is 0 Å². The van der Waals surface area contributed by atoms with E-state index >= 15 is 0 Å². The van der Waals surface area contributed by atoms with Gasteiger partial charge in [-0.15, -0.1) is 0 Å². The van der Waals surface area contributed by atoms with Crippen LogP contribution in [0.4, 0.5) is 0 Å². The number of hydrogen-bond donors (Lipinski definition) is 0. The van der Waals surface area contributed by atoms with Crippen molar-refractivity contribution in [1.82, 2.24) is 0 Å². The molecule has 1 heteroatoms. The topological polar surface area (TPSA) is 0 Å². The minimum absolute atomic E-state index is 0.669. The van der Waals surface area contributed by atoms with Crippen LogP contribution in [0.2, 0.25) is 0 Å². The van der Waals surface area contributed by atoms with Gasteiger partial charge in [-0.2, -0.15) is 0 Å². The number of hydrogen-bond acceptors (Lipinski definition) is 0. The summed E-state index contributed by atoms with van der Waals surface area (Å²) in [5.74, 6) is 7.07. The molecule has 4 fully saturated rings. The first-order valence-electron chi connectivity index (χ1n) is 12.9. The molecular weight excluding hydrogens is 451 g/mol. The molecule has 0 aromatic heterocycles. The van der Waals surface area contributed by atoms with Gasteiger partial charge >= 0.3 is 0 Å². The van der Waals surface area contributed by atoms with E-state index in [1.54, 1.807) is 38.5 Å². The van der Waals surface area contributed by atoms with E-state index in [4.69, 9.17) is 0 Å². The lowest BCUT2D eigenvalue weighted by Gasteiger charge is -2.61. The predicted molar refractivity (Wildman–Crippen MR) is 131 cm³/mol. The van der Waals surface area contributed by atoms with Crippen molar-refractivity contribution in [2.45, 2.75) is 116 Å². The number of halogens is 1. The van der Waals surface area contributed by atoms with Crippen molar-refractivity contribution in [3.05, 3.63) is 0 Å². The third kappa shape index (κ3) is 3.75. The summed E-state index contributed by atoms with van der Waals surface area (Å²) < 4.78 is 0.962. The van der Waals surface area contributed by atoms with Gasteiger partial charge in [-0.1, -0.05) is 76.5 Å². The highest BCUT2D eigenvalue weighted by molar-refractivity contribution is 14.1. The number of rotatable bonds is 5. The van der Waals surface area contributed by atoms with Gasteiger partial charge in [-0.3, -0.25) is 0 Å². The molecule has 0 spiro atoms. The molecule has 0 nitrogen and oxygen atoms in total. The first-order chi connectivity index (χ1) is 13.3. The number of fused-ring (bicyclic) bond motifs is 5. The summed E-state index contributed by atoms with van der Waals surface area (Å²) in [7, 11) is 0. The Bertz CT molecular complexity index is 540. The third-order valence-corrected chi connectivity index (χ3v) is 11.9. The van der Waals surface area contributed by atoms with E-state index in [1.807, 2.05) is 0 Å². The summed E-state index contributed by atoms with van der Waals surface area (Å²) >= 11 is 2.75. The molecule has 0 aromatic rings. The lowest BCUT2D eigenvalue weighted by molar-refractivity contribution is -0.113. The molecule has 0 aromatic carbocycles. The Morgan fingerprint density at radius 3 is 2.29 bits per heavy atom. The molecule has 162 valence electrons. The molecule has 0 radical (unpaired) electrons. The number of alkyl halides is 1. The lowest BCUT2D eigenvalue weighted by Crippen LogP contribution is -2.53. The van der Waals surface area contributed by atoms with Gasteiger partial charge in [-0.05, 0) is 110 Å². The van der Waals surface area contributed by atoms with Gasteiger partial charge in [0, 0.05) is 3.92 Å². The molecule has 1 unspecified atom stereocenters. The van der Waals surface area contributed by atoms with Crippen molar-refractivity contribution in [3.63, 3.8) is 0 Å². The minimum atomic E-state index is 0.669. The molecular formula is C27H47I. The van der Waals surface area contributed by atoms with Crippen molar-refractivity contribution in [1.29, 1.82) is 0 Å². The second kappa shape index (κ2) is 8.34. The summed E-state index contributed by atoms with van der Waals surface area (Å²) in [6.45, 7) is 12.9. The average molecular weight is 499 g/mol. The van der Waals surface area contributed by atoms with Gasteiger partial charge in [0.15, 0.2) is 0 Å². The van der Waals surface area contributed by atoms with Gasteiger partial charge in [0.05, 0.1) is 0 Å². The van der Waals surface area contributed by atoms with E-state index in [9.17, 15) is 0 Å². The second-order valence-electron chi connectivity index (χ2n) is 12.6. The van der Waals surface area contributed by atoms with Crippen LogP contribution in [0.1, 0.15) is 112 Å². The first kappa shape index (κ1) is 21.9. The van der Waals surface area contributed by atoms with Gasteiger partial charge in [-0.25, -0.2) is 0 Å². The lowest BCUT2D eigenvalue weighted by atomic mass is 9.44. The van der Waals surface area contributed by atoms with E-state index < -0.39 is 0 Å². The van der Waals surface area contributed by atoms with Crippen LogP contribution in [0.15, 0.2) is 0 Å². The monoisotopic (exact) mass is 498 g/mol. The van der Waals surface area contributed by atoms with Crippen LogP contribution in [0.5, 0.6) is 0 Å². The van der Waals surface area contributed by atoms with Crippen molar-refractivity contribution < 1.29 is 0 Å². The van der Waals surface area contributed by atoms with E-state index in [0.717, 1.165) is 45.3 Å². The molecule has 0 bridgehead atoms. The molecule has 0 heterocycles. The molecule has 0 aliphatic heterocycles. The molecule has 0 saturated heterocycles. The summed E-state index contributed by atoms with van der Waals surface area (Å²) in [4.78, 5) is 0. The fourth-order valence-electron chi connectivity index (χ4n) is 9.23. The predicted octanol–water partition coefficient (Wildman–Crippen LogP) is 8.91. The SMILES string of the molecule is CC(C)CCCC(C)[C@H]1CC[C@H]2[C@@H]3CC[C@H]4C[C@H](I)CC[C@]4(C)[C@H]3CC[C@]12C. The first-order valence-corrected chi connectivity index (χ1v) is 14.1. The quantitative estimate of drug-likeness (QED) is 0.262. The standard InChI is InChI=1S/C27H47I/c1-18(2)7-6-8-19(3)23-11-12-24-22-10-9-20-17-21(28)13-15-26(20,4)25(22)14-16-27(23,24)5/h18-25H,6-17H2,1-5H3/t19?,20-,21+,22-,23+,24-,25-,26-,27+/m0/s1. The smallest absolute Gasteiger partial charge is 0.0113 e. The maximum atomic E-state index is 2.75. The Balaban J connectivity index is 1.46. The molecule has 4 aliphatic rings. The Morgan fingerprint density at radius 2 is 1.54 bits per heavy atom.